The molecular formula is C19H19ClFN2+. The number of nitrogens with two attached hydrogens (primary N) is 1. The van der Waals surface area contributed by atoms with E-state index in [1.54, 1.807) is 0 Å². The molecule has 1 aliphatic rings. The summed E-state index contributed by atoms with van der Waals surface area (Å²) in [6, 6.07) is 12.7. The lowest BCUT2D eigenvalue weighted by atomic mass is 9.90. The molecule has 2 heterocycles. The normalized spacial score (nSPS) is 16.1. The molecule has 23 heavy (non-hydrogen) atoms. The Balaban J connectivity index is 1.89. The van der Waals surface area contributed by atoms with Crippen molar-refractivity contribution in [1.29, 1.82) is 0 Å². The molecule has 0 radical (unpaired) electrons. The SMILES string of the molecule is Fc1ccc(-n2cc(C3CC[NH2+]CC3)c3cc(Cl)ccc32)cc1. The van der Waals surface area contributed by atoms with Gasteiger partial charge >= 0.3 is 0 Å². The van der Waals surface area contributed by atoms with Crippen molar-refractivity contribution in [3.63, 3.8) is 0 Å². The van der Waals surface area contributed by atoms with Crippen LogP contribution in [-0.4, -0.2) is 17.7 Å². The summed E-state index contributed by atoms with van der Waals surface area (Å²) in [4.78, 5) is 0. The van der Waals surface area contributed by atoms with Crippen LogP contribution in [0.15, 0.2) is 48.7 Å². The van der Waals surface area contributed by atoms with Crippen LogP contribution in [0.4, 0.5) is 4.39 Å². The lowest BCUT2D eigenvalue weighted by Crippen LogP contribution is -2.86. The van der Waals surface area contributed by atoms with Crippen LogP contribution in [-0.2, 0) is 0 Å². The summed E-state index contributed by atoms with van der Waals surface area (Å²) in [7, 11) is 0. The van der Waals surface area contributed by atoms with Crippen LogP contribution in [0.25, 0.3) is 16.6 Å². The molecule has 1 fully saturated rings. The van der Waals surface area contributed by atoms with Crippen LogP contribution >= 0.6 is 11.6 Å². The van der Waals surface area contributed by atoms with E-state index in [2.05, 4.69) is 28.2 Å². The van der Waals surface area contributed by atoms with Gasteiger partial charge in [0.1, 0.15) is 5.82 Å². The highest BCUT2D eigenvalue weighted by Crippen LogP contribution is 2.35. The van der Waals surface area contributed by atoms with Gasteiger partial charge in [-0.25, -0.2) is 4.39 Å². The topological polar surface area (TPSA) is 21.5 Å². The summed E-state index contributed by atoms with van der Waals surface area (Å²) < 4.78 is 15.4. The van der Waals surface area contributed by atoms with Crippen LogP contribution in [0, 0.1) is 5.82 Å². The maximum atomic E-state index is 13.2. The first-order valence-corrected chi connectivity index (χ1v) is 8.48. The fourth-order valence-electron chi connectivity index (χ4n) is 3.61. The van der Waals surface area contributed by atoms with E-state index in [1.165, 1.54) is 49.0 Å². The Labute approximate surface area is 139 Å². The highest BCUT2D eigenvalue weighted by Gasteiger charge is 2.22. The van der Waals surface area contributed by atoms with Gasteiger partial charge in [0.25, 0.3) is 0 Å². The first-order chi connectivity index (χ1) is 11.2. The number of fused-ring (bicyclic) bond motifs is 1. The highest BCUT2D eigenvalue weighted by molar-refractivity contribution is 6.31. The van der Waals surface area contributed by atoms with Crippen molar-refractivity contribution >= 4 is 22.5 Å². The number of aromatic nitrogens is 1. The molecule has 0 unspecified atom stereocenters. The Morgan fingerprint density at radius 1 is 1.04 bits per heavy atom. The van der Waals surface area contributed by atoms with E-state index >= 15 is 0 Å². The van der Waals surface area contributed by atoms with E-state index in [0.29, 0.717) is 5.92 Å². The van der Waals surface area contributed by atoms with Gasteiger partial charge in [0.2, 0.25) is 0 Å². The van der Waals surface area contributed by atoms with Crippen LogP contribution in [0.5, 0.6) is 0 Å². The molecule has 0 saturated carbocycles. The number of halogens is 2. The number of nitrogens with zero attached hydrogens (tertiary/aromatic N) is 1. The van der Waals surface area contributed by atoms with Gasteiger partial charge in [-0.2, -0.15) is 0 Å². The molecule has 0 aliphatic carbocycles. The van der Waals surface area contributed by atoms with Gasteiger partial charge in [-0.15, -0.1) is 0 Å². The van der Waals surface area contributed by atoms with Crippen molar-refractivity contribution in [2.75, 3.05) is 13.1 Å². The van der Waals surface area contributed by atoms with Gasteiger partial charge < -0.3 is 9.88 Å². The van der Waals surface area contributed by atoms with Crippen LogP contribution in [0.2, 0.25) is 5.02 Å². The van der Waals surface area contributed by atoms with Crippen molar-refractivity contribution in [3.05, 3.63) is 65.1 Å². The maximum absolute atomic E-state index is 13.2. The van der Waals surface area contributed by atoms with Gasteiger partial charge in [-0.05, 0) is 53.9 Å². The maximum Gasteiger partial charge on any atom is 0.123 e. The van der Waals surface area contributed by atoms with E-state index in [9.17, 15) is 4.39 Å². The Hall–Kier alpha value is -1.84. The third-order valence-electron chi connectivity index (χ3n) is 4.78. The Morgan fingerprint density at radius 2 is 1.78 bits per heavy atom. The summed E-state index contributed by atoms with van der Waals surface area (Å²) in [6.07, 6.45) is 4.59. The molecule has 2 N–H and O–H groups in total. The van der Waals surface area contributed by atoms with E-state index in [-0.39, 0.29) is 5.82 Å². The molecule has 4 heteroatoms. The molecule has 0 amide bonds. The number of piperidine rings is 1. The van der Waals surface area contributed by atoms with Gasteiger partial charge in [-0.3, -0.25) is 0 Å². The van der Waals surface area contributed by atoms with E-state index in [1.807, 2.05) is 18.2 Å². The van der Waals surface area contributed by atoms with Crippen LogP contribution in [0.3, 0.4) is 0 Å². The van der Waals surface area contributed by atoms with E-state index in [4.69, 9.17) is 11.6 Å². The molecule has 1 aromatic heterocycles. The minimum Gasteiger partial charge on any atom is -0.346 e. The Bertz CT molecular complexity index is 832. The van der Waals surface area contributed by atoms with Crippen molar-refractivity contribution in [2.24, 2.45) is 0 Å². The minimum absolute atomic E-state index is 0.212. The molecule has 1 aliphatic heterocycles. The Morgan fingerprint density at radius 3 is 2.52 bits per heavy atom. The van der Waals surface area contributed by atoms with Gasteiger partial charge in [0.15, 0.2) is 0 Å². The molecule has 3 aromatic rings. The van der Waals surface area contributed by atoms with E-state index < -0.39 is 0 Å². The van der Waals surface area contributed by atoms with Gasteiger partial charge in [0.05, 0.1) is 18.6 Å². The molecule has 118 valence electrons. The van der Waals surface area contributed by atoms with Crippen LogP contribution in [0.1, 0.15) is 24.3 Å². The zero-order valence-electron chi connectivity index (χ0n) is 12.8. The molecule has 0 spiro atoms. The monoisotopic (exact) mass is 329 g/mol. The lowest BCUT2D eigenvalue weighted by Gasteiger charge is -2.19. The fourth-order valence-corrected chi connectivity index (χ4v) is 3.78. The molecular weight excluding hydrogens is 311 g/mol. The fraction of sp³-hybridized carbons (Fsp3) is 0.263. The average molecular weight is 330 g/mol. The van der Waals surface area contributed by atoms with Gasteiger partial charge in [0, 0.05) is 35.1 Å². The van der Waals surface area contributed by atoms with Crippen molar-refractivity contribution in [1.82, 2.24) is 4.57 Å². The zero-order valence-corrected chi connectivity index (χ0v) is 13.6. The highest BCUT2D eigenvalue weighted by atomic mass is 35.5. The summed E-state index contributed by atoms with van der Waals surface area (Å²) in [5.41, 5.74) is 3.47. The molecule has 4 rings (SSSR count). The standard InChI is InChI=1S/C19H18ClFN2/c20-14-1-6-19-17(11-14)18(13-7-9-22-10-8-13)12-23(19)16-4-2-15(21)3-5-16/h1-6,11-13,22H,7-10H2/p+1. The number of benzene rings is 2. The van der Waals surface area contributed by atoms with Gasteiger partial charge in [-0.1, -0.05) is 11.6 Å². The average Bonchev–Trinajstić information content (AvgIpc) is 2.95. The number of hydrogen-bond donors (Lipinski definition) is 1. The Kier molecular flexibility index (Phi) is 3.83. The minimum atomic E-state index is -0.212. The third-order valence-corrected chi connectivity index (χ3v) is 5.02. The first-order valence-electron chi connectivity index (χ1n) is 8.10. The quantitative estimate of drug-likeness (QED) is 0.737. The summed E-state index contributed by atoms with van der Waals surface area (Å²) in [5.74, 6) is 0.360. The first kappa shape index (κ1) is 14.7. The van der Waals surface area contributed by atoms with Crippen molar-refractivity contribution < 1.29 is 9.71 Å². The largest absolute Gasteiger partial charge is 0.346 e. The second-order valence-corrected chi connectivity index (χ2v) is 6.67. The lowest BCUT2D eigenvalue weighted by molar-refractivity contribution is -0.663. The summed E-state index contributed by atoms with van der Waals surface area (Å²) in [5, 5.41) is 4.36. The van der Waals surface area contributed by atoms with E-state index in [0.717, 1.165) is 16.2 Å². The predicted octanol–water partition coefficient (Wildman–Crippen LogP) is 3.86. The van der Waals surface area contributed by atoms with Crippen LogP contribution < -0.4 is 5.32 Å². The van der Waals surface area contributed by atoms with Crippen molar-refractivity contribution in [3.8, 4) is 5.69 Å². The second kappa shape index (κ2) is 5.99. The number of quaternary nitrogens is 1. The number of hydrogen-bond acceptors (Lipinski definition) is 0. The molecule has 1 saturated heterocycles. The van der Waals surface area contributed by atoms with Crippen molar-refractivity contribution in [2.45, 2.75) is 18.8 Å². The molecule has 2 nitrogen and oxygen atoms in total. The number of rotatable bonds is 2. The smallest absolute Gasteiger partial charge is 0.123 e. The predicted molar refractivity (Wildman–Crippen MR) is 91.9 cm³/mol. The summed E-state index contributed by atoms with van der Waals surface area (Å²) in [6.45, 7) is 2.35. The zero-order chi connectivity index (χ0) is 15.8. The summed E-state index contributed by atoms with van der Waals surface area (Å²) >= 11 is 6.24. The molecule has 2 aromatic carbocycles. The third kappa shape index (κ3) is 2.75. The molecule has 0 atom stereocenters. The molecule has 0 bridgehead atoms. The second-order valence-electron chi connectivity index (χ2n) is 6.23.